The van der Waals surface area contributed by atoms with Crippen molar-refractivity contribution in [1.82, 2.24) is 4.68 Å². The minimum Gasteiger partial charge on any atom is -0.322 e. The highest BCUT2D eigenvalue weighted by molar-refractivity contribution is 5.24. The number of hydrogen-bond donors (Lipinski definition) is 1. The van der Waals surface area contributed by atoms with Gasteiger partial charge in [-0.25, -0.2) is 4.39 Å². The third-order valence-corrected chi connectivity index (χ3v) is 2.95. The Hall–Kier alpha value is -1.77. The first-order chi connectivity index (χ1) is 8.08. The molecule has 3 heteroatoms. The zero-order valence-electron chi connectivity index (χ0n) is 10.4. The van der Waals surface area contributed by atoms with Gasteiger partial charge in [0.2, 0.25) is 0 Å². The SMILES string of the molecule is Cc1ccc(CNn2c(C)ccc2C)cc1F. The van der Waals surface area contributed by atoms with Crippen molar-refractivity contribution < 1.29 is 4.39 Å². The maximum atomic E-state index is 13.4. The lowest BCUT2D eigenvalue weighted by Gasteiger charge is -2.13. The number of benzene rings is 1. The van der Waals surface area contributed by atoms with Crippen LogP contribution in [0.5, 0.6) is 0 Å². The van der Waals surface area contributed by atoms with Gasteiger partial charge in [-0.1, -0.05) is 12.1 Å². The molecule has 2 rings (SSSR count). The van der Waals surface area contributed by atoms with Crippen molar-refractivity contribution in [2.75, 3.05) is 5.43 Å². The van der Waals surface area contributed by atoms with Crippen LogP contribution in [0.4, 0.5) is 4.39 Å². The molecule has 90 valence electrons. The molecule has 1 aromatic carbocycles. The maximum Gasteiger partial charge on any atom is 0.126 e. The molecule has 0 amide bonds. The standard InChI is InChI=1S/C14H17FN2/c1-10-4-7-13(8-14(10)15)9-16-17-11(2)5-6-12(17)3/h4-8,16H,9H2,1-3H3. The third kappa shape index (κ3) is 2.49. The van der Waals surface area contributed by atoms with Crippen LogP contribution in [-0.2, 0) is 6.54 Å². The van der Waals surface area contributed by atoms with Gasteiger partial charge in [0.1, 0.15) is 5.82 Å². The number of hydrogen-bond acceptors (Lipinski definition) is 1. The fourth-order valence-electron chi connectivity index (χ4n) is 1.83. The smallest absolute Gasteiger partial charge is 0.126 e. The molecular weight excluding hydrogens is 215 g/mol. The summed E-state index contributed by atoms with van der Waals surface area (Å²) < 4.78 is 15.4. The van der Waals surface area contributed by atoms with E-state index in [0.29, 0.717) is 12.1 Å². The summed E-state index contributed by atoms with van der Waals surface area (Å²) in [6, 6.07) is 9.44. The van der Waals surface area contributed by atoms with Gasteiger partial charge in [0.15, 0.2) is 0 Å². The van der Waals surface area contributed by atoms with E-state index in [9.17, 15) is 4.39 Å². The lowest BCUT2D eigenvalue weighted by Crippen LogP contribution is -2.16. The lowest BCUT2D eigenvalue weighted by atomic mass is 10.1. The predicted molar refractivity (Wildman–Crippen MR) is 68.1 cm³/mol. The van der Waals surface area contributed by atoms with E-state index in [4.69, 9.17) is 0 Å². The van der Waals surface area contributed by atoms with E-state index in [1.54, 1.807) is 13.0 Å². The minimum atomic E-state index is -0.148. The molecular formula is C14H17FN2. The fraction of sp³-hybridized carbons (Fsp3) is 0.286. The van der Waals surface area contributed by atoms with Crippen LogP contribution in [0, 0.1) is 26.6 Å². The van der Waals surface area contributed by atoms with Gasteiger partial charge in [0.25, 0.3) is 0 Å². The molecule has 0 bridgehead atoms. The molecule has 0 aliphatic carbocycles. The number of halogens is 1. The maximum absolute atomic E-state index is 13.4. The average molecular weight is 232 g/mol. The predicted octanol–water partition coefficient (Wildman–Crippen LogP) is 3.30. The van der Waals surface area contributed by atoms with Crippen LogP contribution in [-0.4, -0.2) is 4.68 Å². The van der Waals surface area contributed by atoms with Crippen LogP contribution in [0.2, 0.25) is 0 Å². The van der Waals surface area contributed by atoms with Gasteiger partial charge in [-0.3, -0.25) is 4.68 Å². The second-order valence-electron chi connectivity index (χ2n) is 4.37. The molecule has 1 heterocycles. The van der Waals surface area contributed by atoms with Crippen LogP contribution >= 0.6 is 0 Å². The van der Waals surface area contributed by atoms with Crippen LogP contribution in [0.1, 0.15) is 22.5 Å². The zero-order valence-corrected chi connectivity index (χ0v) is 10.4. The summed E-state index contributed by atoms with van der Waals surface area (Å²) in [6.45, 7) is 6.46. The summed E-state index contributed by atoms with van der Waals surface area (Å²) in [7, 11) is 0. The molecule has 0 radical (unpaired) electrons. The number of aromatic nitrogens is 1. The molecule has 2 nitrogen and oxygen atoms in total. The average Bonchev–Trinajstić information content (AvgIpc) is 2.61. The van der Waals surface area contributed by atoms with E-state index in [2.05, 4.69) is 17.6 Å². The number of rotatable bonds is 3. The van der Waals surface area contributed by atoms with Crippen molar-refractivity contribution in [2.24, 2.45) is 0 Å². The van der Waals surface area contributed by atoms with E-state index in [1.807, 2.05) is 30.7 Å². The minimum absolute atomic E-state index is 0.148. The highest BCUT2D eigenvalue weighted by Crippen LogP contribution is 2.10. The largest absolute Gasteiger partial charge is 0.322 e. The van der Waals surface area contributed by atoms with Gasteiger partial charge < -0.3 is 5.43 Å². The van der Waals surface area contributed by atoms with Crippen molar-refractivity contribution in [3.8, 4) is 0 Å². The monoisotopic (exact) mass is 232 g/mol. The fourth-order valence-corrected chi connectivity index (χ4v) is 1.83. The first kappa shape index (κ1) is 11.7. The van der Waals surface area contributed by atoms with Crippen LogP contribution in [0.25, 0.3) is 0 Å². The zero-order chi connectivity index (χ0) is 12.4. The molecule has 0 saturated heterocycles. The van der Waals surface area contributed by atoms with Gasteiger partial charge in [-0.05, 0) is 50.1 Å². The first-order valence-corrected chi connectivity index (χ1v) is 5.72. The molecule has 0 spiro atoms. The highest BCUT2D eigenvalue weighted by Gasteiger charge is 2.02. The van der Waals surface area contributed by atoms with Gasteiger partial charge >= 0.3 is 0 Å². The summed E-state index contributed by atoms with van der Waals surface area (Å²) in [5, 5.41) is 0. The third-order valence-electron chi connectivity index (χ3n) is 2.95. The summed E-state index contributed by atoms with van der Waals surface area (Å²) in [5.41, 5.74) is 7.20. The summed E-state index contributed by atoms with van der Waals surface area (Å²) in [5.74, 6) is -0.148. The topological polar surface area (TPSA) is 17.0 Å². The molecule has 0 aliphatic heterocycles. The Morgan fingerprint density at radius 3 is 2.29 bits per heavy atom. The summed E-state index contributed by atoms with van der Waals surface area (Å²) in [4.78, 5) is 0. The first-order valence-electron chi connectivity index (χ1n) is 5.72. The summed E-state index contributed by atoms with van der Waals surface area (Å²) in [6.07, 6.45) is 0. The van der Waals surface area contributed by atoms with Gasteiger partial charge in [0.05, 0.1) is 6.54 Å². The van der Waals surface area contributed by atoms with E-state index in [0.717, 1.165) is 17.0 Å². The van der Waals surface area contributed by atoms with Gasteiger partial charge in [-0.2, -0.15) is 0 Å². The van der Waals surface area contributed by atoms with Crippen molar-refractivity contribution in [1.29, 1.82) is 0 Å². The summed E-state index contributed by atoms with van der Waals surface area (Å²) >= 11 is 0. The van der Waals surface area contributed by atoms with Crippen LogP contribution < -0.4 is 5.43 Å². The van der Waals surface area contributed by atoms with E-state index in [1.165, 1.54) is 0 Å². The van der Waals surface area contributed by atoms with Crippen LogP contribution in [0.15, 0.2) is 30.3 Å². The van der Waals surface area contributed by atoms with Crippen molar-refractivity contribution in [3.05, 3.63) is 58.7 Å². The second-order valence-corrected chi connectivity index (χ2v) is 4.37. The second kappa shape index (κ2) is 4.62. The van der Waals surface area contributed by atoms with Crippen molar-refractivity contribution in [3.63, 3.8) is 0 Å². The van der Waals surface area contributed by atoms with E-state index in [-0.39, 0.29) is 5.82 Å². The molecule has 0 fully saturated rings. The molecule has 0 aliphatic rings. The molecule has 1 N–H and O–H groups in total. The number of nitrogens with one attached hydrogen (secondary N) is 1. The molecule has 17 heavy (non-hydrogen) atoms. The Morgan fingerprint density at radius 1 is 1.06 bits per heavy atom. The number of aryl methyl sites for hydroxylation is 3. The molecule has 1 aromatic heterocycles. The van der Waals surface area contributed by atoms with Crippen LogP contribution in [0.3, 0.4) is 0 Å². The quantitative estimate of drug-likeness (QED) is 0.859. The molecule has 2 aromatic rings. The Kier molecular flexibility index (Phi) is 3.18. The number of nitrogens with zero attached hydrogens (tertiary/aromatic N) is 1. The normalized spacial score (nSPS) is 10.6. The Balaban J connectivity index is 2.10. The molecule has 0 saturated carbocycles. The van der Waals surface area contributed by atoms with E-state index >= 15 is 0 Å². The van der Waals surface area contributed by atoms with Gasteiger partial charge in [0, 0.05) is 11.4 Å². The van der Waals surface area contributed by atoms with Gasteiger partial charge in [-0.15, -0.1) is 0 Å². The van der Waals surface area contributed by atoms with E-state index < -0.39 is 0 Å². The Bertz CT molecular complexity index is 510. The molecule has 0 unspecified atom stereocenters. The highest BCUT2D eigenvalue weighted by atomic mass is 19.1. The molecule has 0 atom stereocenters. The van der Waals surface area contributed by atoms with Crippen molar-refractivity contribution in [2.45, 2.75) is 27.3 Å². The Morgan fingerprint density at radius 2 is 1.71 bits per heavy atom. The Labute approximate surface area is 101 Å². The lowest BCUT2D eigenvalue weighted by molar-refractivity contribution is 0.615. The van der Waals surface area contributed by atoms with Crippen molar-refractivity contribution >= 4 is 0 Å².